The average Bonchev–Trinajstić information content (AvgIpc) is 1.32. The molecule has 39 nitrogen and oxygen atoms in total. The van der Waals surface area contributed by atoms with Gasteiger partial charge in [-0.05, 0) is 108 Å². The summed E-state index contributed by atoms with van der Waals surface area (Å²) in [5.74, 6) is -13.2. The minimum absolute atomic E-state index is 0.00251. The highest BCUT2D eigenvalue weighted by Crippen LogP contribution is 2.35. The third-order valence-corrected chi connectivity index (χ3v) is 22.9. The largest absolute Gasteiger partial charge is 0.494 e. The fraction of sp³-hybridized carbons (Fsp3) is 0.593. The van der Waals surface area contributed by atoms with Crippen LogP contribution in [0.1, 0.15) is 78.5 Å². The van der Waals surface area contributed by atoms with Crippen molar-refractivity contribution in [2.24, 2.45) is 0 Å². The summed E-state index contributed by atoms with van der Waals surface area (Å²) in [5, 5.41) is 41.8. The number of benzene rings is 2. The first kappa shape index (κ1) is 94.6. The quantitative estimate of drug-likeness (QED) is 0.0106. The van der Waals surface area contributed by atoms with Gasteiger partial charge in [0.15, 0.2) is 6.04 Å². The monoisotopic (exact) mass is 1740 g/mol. The normalized spacial score (nSPS) is 20.5. The number of carboxylic acids is 2. The summed E-state index contributed by atoms with van der Waals surface area (Å²) in [5.41, 5.74) is 1.20. The van der Waals surface area contributed by atoms with E-state index >= 15 is 0 Å². The van der Waals surface area contributed by atoms with Gasteiger partial charge in [-0.3, -0.25) is 112 Å². The summed E-state index contributed by atoms with van der Waals surface area (Å²) in [6.07, 6.45) is 3.25. The number of pyridine rings is 2. The lowest BCUT2D eigenvalue weighted by molar-refractivity contribution is -0.154. The van der Waals surface area contributed by atoms with E-state index in [1.807, 2.05) is 9.80 Å². The molecule has 6 saturated heterocycles. The Kier molecular flexibility index (Phi) is 34.5. The fourth-order valence-electron chi connectivity index (χ4n) is 16.0. The highest BCUT2D eigenvalue weighted by molar-refractivity contribution is 6.08. The number of hydrogen-bond donors (Lipinski definition) is 6. The number of likely N-dealkylation sites (N-methyl/N-ethyl adjacent to an activating group) is 2. The molecular formula is C81H106F4N20O19. The number of halogens is 4. The smallest absolute Gasteiger partial charge is 0.330 e. The Morgan fingerprint density at radius 1 is 0.581 bits per heavy atom. The zero-order valence-electron chi connectivity index (χ0n) is 69.3. The molecule has 672 valence electrons. The topological polar surface area (TPSA) is 440 Å². The Morgan fingerprint density at radius 2 is 1.03 bits per heavy atom. The van der Waals surface area contributed by atoms with Crippen molar-refractivity contribution in [2.45, 2.75) is 106 Å². The number of aliphatic carboxylic acids is 2. The standard InChI is InChI=1S/C81H106F4N20O19/c1-87-67-37-81(84,85)50-105(67)71(111)40-93-77(117)62-13-20-89-66-11-9-60(35-64(62)66)124-33-7-5-18-91-69(109)45-95(3)56-15-22-101(42-56)73(113)47-103(57-16-23-102(43-57)78(118)75(79(119)120)99-30-28-96(48-74(114)115)24-25-97(51-121-53-106)26-27-98(29-31-99)52-122-54-107)46-72(112)100-21-14-55(41-100)94(2)44-68(108)90-17-4-6-32-123-59-8-10-65-63(34-59)61(12-19-88-65)76(116)92-39-70(110)104-49-80(82,83)36-58(104)38-86/h8-13,19-20,34-35,53-58,67,75H,4-7,14-18,21-33,36-37,39-52H2,2-3H3,(H,90,108)(H,91,109)(H,92,116)(H,93,117)(H,114,115)(H,119,120)/t55-,56-,57?,58+,67+,75?/m1/s1. The third-order valence-electron chi connectivity index (χ3n) is 22.9. The van der Waals surface area contributed by atoms with Crippen molar-refractivity contribution < 1.29 is 109 Å². The molecule has 2 unspecified atom stereocenters. The number of likely N-dealkylation sites (tertiary alicyclic amines) is 5. The predicted molar refractivity (Wildman–Crippen MR) is 432 cm³/mol. The van der Waals surface area contributed by atoms with Crippen LogP contribution in [0.2, 0.25) is 0 Å². The maximum Gasteiger partial charge on any atom is 0.330 e. The number of amides is 9. The number of nitriles is 1. The number of alkyl halides is 4. The maximum atomic E-state index is 14.9. The van der Waals surface area contributed by atoms with Crippen LogP contribution in [0.5, 0.6) is 11.5 Å². The van der Waals surface area contributed by atoms with Crippen LogP contribution in [-0.2, 0) is 62.2 Å². The second kappa shape index (κ2) is 45.1. The summed E-state index contributed by atoms with van der Waals surface area (Å²) < 4.78 is 78.1. The SMILES string of the molecule is [C-]#[N+][C@@H]1CC(F)(F)CN1C(=O)CNC(=O)c1ccnc2ccc(OCCCCNC(=O)CN(C)[C@@H]3CCN(C(=O)CN(CC(=O)N4CC[C@@H](N(C)CC(=O)NCCCCOc5ccc6nccc(C(=O)NCC(=O)N7CC(F)(F)C[C@H]7C#N)c6c5)C4)C4CCN(C(=O)C(C(=O)O)N5CCN(COC=O)CCN(COC=O)CCN(CC(=O)O)CC5)C4)C3)cc12. The Morgan fingerprint density at radius 3 is 1.52 bits per heavy atom. The number of nitrogens with zero attached hydrogens (tertiary/aromatic N) is 16. The minimum atomic E-state index is -3.22. The Balaban J connectivity index is 0.712. The number of ether oxygens (including phenoxy) is 4. The Bertz CT molecular complexity index is 4350. The molecule has 0 saturated carbocycles. The zero-order chi connectivity index (χ0) is 89.2. The molecule has 2 aromatic carbocycles. The van der Waals surface area contributed by atoms with Gasteiger partial charge in [-0.15, -0.1) is 0 Å². The summed E-state index contributed by atoms with van der Waals surface area (Å²) in [6.45, 7) is 6.39. The highest BCUT2D eigenvalue weighted by Gasteiger charge is 2.52. The average molecular weight is 1740 g/mol. The molecule has 6 aliphatic heterocycles. The molecule has 6 aliphatic rings. The molecule has 6 atom stereocenters. The van der Waals surface area contributed by atoms with Gasteiger partial charge in [0.25, 0.3) is 42.5 Å². The van der Waals surface area contributed by atoms with E-state index in [0.717, 1.165) is 9.80 Å². The van der Waals surface area contributed by atoms with Crippen LogP contribution in [0.3, 0.4) is 0 Å². The van der Waals surface area contributed by atoms with Crippen molar-refractivity contribution in [2.75, 3.05) is 204 Å². The van der Waals surface area contributed by atoms with Gasteiger partial charge in [-0.2, -0.15) is 5.26 Å². The molecular weight excluding hydrogens is 1630 g/mol. The van der Waals surface area contributed by atoms with Crippen molar-refractivity contribution in [1.82, 2.24) is 90.0 Å². The molecule has 0 aliphatic carbocycles. The Hall–Kier alpha value is -11.6. The van der Waals surface area contributed by atoms with Gasteiger partial charge in [0, 0.05) is 152 Å². The minimum Gasteiger partial charge on any atom is -0.494 e. The highest BCUT2D eigenvalue weighted by atomic mass is 19.3. The van der Waals surface area contributed by atoms with Crippen LogP contribution in [0.15, 0.2) is 60.9 Å². The lowest BCUT2D eigenvalue weighted by Crippen LogP contribution is -2.57. The lowest BCUT2D eigenvalue weighted by Gasteiger charge is -2.36. The van der Waals surface area contributed by atoms with Crippen LogP contribution in [-0.4, -0.2) is 410 Å². The molecule has 4 aromatic rings. The summed E-state index contributed by atoms with van der Waals surface area (Å²) >= 11 is 0. The molecule has 6 fully saturated rings. The van der Waals surface area contributed by atoms with Gasteiger partial charge in [-0.1, -0.05) is 0 Å². The number of unbranched alkanes of at least 4 members (excludes halogenated alkanes) is 2. The third kappa shape index (κ3) is 27.0. The fourth-order valence-corrected chi connectivity index (χ4v) is 16.0. The van der Waals surface area contributed by atoms with Crippen LogP contribution in [0.25, 0.3) is 26.7 Å². The van der Waals surface area contributed by atoms with Gasteiger partial charge in [0.1, 0.15) is 37.4 Å². The van der Waals surface area contributed by atoms with E-state index in [0.29, 0.717) is 98.0 Å². The summed E-state index contributed by atoms with van der Waals surface area (Å²) in [6, 6.07) is 10.2. The van der Waals surface area contributed by atoms with Crippen molar-refractivity contribution in [3.63, 3.8) is 0 Å². The second-order valence-electron chi connectivity index (χ2n) is 31.7. The summed E-state index contributed by atoms with van der Waals surface area (Å²) in [4.78, 5) is 201. The molecule has 6 N–H and O–H groups in total. The molecule has 8 heterocycles. The van der Waals surface area contributed by atoms with E-state index < -0.39 is 123 Å². The predicted octanol–water partition coefficient (Wildman–Crippen LogP) is -0.645. The molecule has 43 heteroatoms. The van der Waals surface area contributed by atoms with Crippen LogP contribution in [0, 0.1) is 17.9 Å². The van der Waals surface area contributed by atoms with Gasteiger partial charge >= 0.3 is 18.1 Å². The number of fused-ring (bicyclic) bond motifs is 2. The number of carbonyl (C=O) groups excluding carboxylic acids is 11. The molecule has 10 rings (SSSR count). The van der Waals surface area contributed by atoms with Crippen LogP contribution < -0.4 is 30.7 Å². The lowest BCUT2D eigenvalue weighted by atomic mass is 10.1. The molecule has 9 amide bonds. The number of carboxylic acid groups (broad SMARTS) is 2. The maximum absolute atomic E-state index is 14.9. The van der Waals surface area contributed by atoms with Crippen molar-refractivity contribution in [3.05, 3.63) is 83.5 Å². The van der Waals surface area contributed by atoms with E-state index in [9.17, 15) is 95.4 Å². The number of aromatic nitrogens is 2. The van der Waals surface area contributed by atoms with Gasteiger partial charge in [0.2, 0.25) is 35.4 Å². The first-order valence-electron chi connectivity index (χ1n) is 41.1. The number of nitrogens with one attached hydrogen (secondary N) is 4. The van der Waals surface area contributed by atoms with E-state index in [1.54, 1.807) is 86.0 Å². The van der Waals surface area contributed by atoms with Gasteiger partial charge < -0.3 is 70.0 Å². The van der Waals surface area contributed by atoms with E-state index in [1.165, 1.54) is 34.3 Å². The van der Waals surface area contributed by atoms with Crippen molar-refractivity contribution >= 4 is 99.9 Å². The first-order chi connectivity index (χ1) is 59.4. The van der Waals surface area contributed by atoms with Crippen molar-refractivity contribution in [3.8, 4) is 17.6 Å². The zero-order valence-corrected chi connectivity index (χ0v) is 69.3. The van der Waals surface area contributed by atoms with Gasteiger partial charge in [0.05, 0.1) is 100 Å². The molecule has 0 radical (unpaired) electrons. The van der Waals surface area contributed by atoms with Crippen LogP contribution >= 0.6 is 0 Å². The molecule has 0 spiro atoms. The summed E-state index contributed by atoms with van der Waals surface area (Å²) in [7, 11) is 3.55. The van der Waals surface area contributed by atoms with Gasteiger partial charge in [-0.25, -0.2) is 28.9 Å². The molecule has 2 aromatic heterocycles. The van der Waals surface area contributed by atoms with E-state index in [-0.39, 0.29) is 198 Å². The van der Waals surface area contributed by atoms with Crippen molar-refractivity contribution in [1.29, 1.82) is 5.26 Å². The second-order valence-corrected chi connectivity index (χ2v) is 31.7. The molecule has 124 heavy (non-hydrogen) atoms. The first-order valence-corrected chi connectivity index (χ1v) is 41.1. The number of carbonyl (C=O) groups is 13. The van der Waals surface area contributed by atoms with Crippen LogP contribution in [0.4, 0.5) is 17.6 Å². The molecule has 0 bridgehead atoms. The van der Waals surface area contributed by atoms with E-state index in [2.05, 4.69) is 36.1 Å². The Labute approximate surface area is 712 Å². The number of hydrogen-bond acceptors (Lipinski definition) is 27. The van der Waals surface area contributed by atoms with E-state index in [4.69, 9.17) is 25.5 Å². The number of rotatable bonds is 40.